The Kier molecular flexibility index (Phi) is 4.17. The van der Waals surface area contributed by atoms with Gasteiger partial charge in [-0.3, -0.25) is 4.68 Å². The minimum atomic E-state index is 0.227. The number of rotatable bonds is 4. The van der Waals surface area contributed by atoms with E-state index in [0.717, 1.165) is 6.54 Å². The maximum Gasteiger partial charge on any atom is 0.0607 e. The highest BCUT2D eigenvalue weighted by Gasteiger charge is 2.14. The minimum absolute atomic E-state index is 0.227. The van der Waals surface area contributed by atoms with E-state index in [9.17, 15) is 0 Å². The van der Waals surface area contributed by atoms with Crippen LogP contribution in [0.25, 0.3) is 0 Å². The number of benzene rings is 1. The van der Waals surface area contributed by atoms with Crippen LogP contribution in [0.3, 0.4) is 0 Å². The molecule has 0 saturated carbocycles. The minimum Gasteiger partial charge on any atom is -0.306 e. The summed E-state index contributed by atoms with van der Waals surface area (Å²) in [6, 6.07) is 8.84. The highest BCUT2D eigenvalue weighted by Crippen LogP contribution is 2.22. The van der Waals surface area contributed by atoms with Crippen LogP contribution in [0, 0.1) is 3.57 Å². The van der Waals surface area contributed by atoms with Gasteiger partial charge in [0, 0.05) is 22.4 Å². The van der Waals surface area contributed by atoms with Crippen LogP contribution in [0.2, 0.25) is 0 Å². The van der Waals surface area contributed by atoms with E-state index in [2.05, 4.69) is 70.4 Å². The molecule has 1 N–H and O–H groups in total. The number of aryl methyl sites for hydroxylation is 1. The topological polar surface area (TPSA) is 29.9 Å². The Bertz CT molecular complexity index is 476. The van der Waals surface area contributed by atoms with E-state index in [1.807, 2.05) is 17.9 Å². The van der Waals surface area contributed by atoms with Crippen LogP contribution in [-0.4, -0.2) is 16.3 Å². The van der Waals surface area contributed by atoms with Gasteiger partial charge in [-0.15, -0.1) is 0 Å². The van der Waals surface area contributed by atoms with Gasteiger partial charge in [0.05, 0.1) is 12.2 Å². The van der Waals surface area contributed by atoms with Crippen LogP contribution in [0.15, 0.2) is 36.7 Å². The maximum absolute atomic E-state index is 4.24. The highest BCUT2D eigenvalue weighted by molar-refractivity contribution is 14.1. The second-order valence-electron chi connectivity index (χ2n) is 3.99. The molecule has 0 radical (unpaired) electrons. The van der Waals surface area contributed by atoms with Crippen molar-refractivity contribution in [2.24, 2.45) is 7.05 Å². The first kappa shape index (κ1) is 12.6. The van der Waals surface area contributed by atoms with Crippen molar-refractivity contribution in [3.05, 3.63) is 51.4 Å². The molecule has 90 valence electrons. The molecule has 0 saturated heterocycles. The van der Waals surface area contributed by atoms with Crippen LogP contribution in [0.1, 0.15) is 24.1 Å². The predicted octanol–water partition coefficient (Wildman–Crippen LogP) is 2.72. The van der Waals surface area contributed by atoms with Crippen molar-refractivity contribution in [3.8, 4) is 0 Å². The van der Waals surface area contributed by atoms with Crippen LogP contribution >= 0.6 is 22.6 Å². The van der Waals surface area contributed by atoms with Crippen LogP contribution in [0.5, 0.6) is 0 Å². The normalized spacial score (nSPS) is 12.6. The molecule has 2 rings (SSSR count). The lowest BCUT2D eigenvalue weighted by atomic mass is 10.0. The van der Waals surface area contributed by atoms with Crippen molar-refractivity contribution in [3.63, 3.8) is 0 Å². The first-order chi connectivity index (χ1) is 8.20. The number of hydrogen-bond acceptors (Lipinski definition) is 2. The number of aromatic nitrogens is 2. The lowest BCUT2D eigenvalue weighted by Gasteiger charge is -2.16. The first-order valence-electron chi connectivity index (χ1n) is 5.68. The van der Waals surface area contributed by atoms with Crippen molar-refractivity contribution in [1.82, 2.24) is 15.1 Å². The monoisotopic (exact) mass is 341 g/mol. The molecule has 0 spiro atoms. The molecule has 2 aromatic rings. The van der Waals surface area contributed by atoms with E-state index in [0.29, 0.717) is 0 Å². The maximum atomic E-state index is 4.24. The van der Waals surface area contributed by atoms with Crippen LogP contribution in [0.4, 0.5) is 0 Å². The Labute approximate surface area is 115 Å². The van der Waals surface area contributed by atoms with Gasteiger partial charge in [-0.25, -0.2) is 0 Å². The second-order valence-corrected chi connectivity index (χ2v) is 5.24. The van der Waals surface area contributed by atoms with Crippen molar-refractivity contribution in [1.29, 1.82) is 0 Å². The summed E-state index contributed by atoms with van der Waals surface area (Å²) in [5, 5.41) is 7.73. The lowest BCUT2D eigenvalue weighted by Crippen LogP contribution is -2.21. The largest absolute Gasteiger partial charge is 0.306 e. The summed E-state index contributed by atoms with van der Waals surface area (Å²) in [6.07, 6.45) is 3.98. The SMILES string of the molecule is CCNC(c1ccc(I)cc1)c1cnn(C)c1. The zero-order chi connectivity index (χ0) is 12.3. The molecule has 0 aliphatic heterocycles. The molecular weight excluding hydrogens is 325 g/mol. The summed E-state index contributed by atoms with van der Waals surface area (Å²) in [6.45, 7) is 3.06. The van der Waals surface area contributed by atoms with Crippen LogP contribution < -0.4 is 5.32 Å². The molecule has 4 heteroatoms. The predicted molar refractivity (Wildman–Crippen MR) is 77.9 cm³/mol. The van der Waals surface area contributed by atoms with Gasteiger partial charge in [0.1, 0.15) is 0 Å². The van der Waals surface area contributed by atoms with Crippen molar-refractivity contribution in [2.45, 2.75) is 13.0 Å². The van der Waals surface area contributed by atoms with Crippen molar-refractivity contribution in [2.75, 3.05) is 6.54 Å². The zero-order valence-corrected chi connectivity index (χ0v) is 12.2. The smallest absolute Gasteiger partial charge is 0.0607 e. The summed E-state index contributed by atoms with van der Waals surface area (Å²) in [4.78, 5) is 0. The molecule has 0 aliphatic carbocycles. The quantitative estimate of drug-likeness (QED) is 0.867. The summed E-state index contributed by atoms with van der Waals surface area (Å²) < 4.78 is 3.10. The Hall–Kier alpha value is -0.880. The molecule has 1 unspecified atom stereocenters. The average Bonchev–Trinajstić information content (AvgIpc) is 2.74. The molecule has 1 heterocycles. The van der Waals surface area contributed by atoms with Gasteiger partial charge >= 0.3 is 0 Å². The number of nitrogens with one attached hydrogen (secondary N) is 1. The average molecular weight is 341 g/mol. The molecule has 1 aromatic carbocycles. The van der Waals surface area contributed by atoms with Gasteiger partial charge in [0.15, 0.2) is 0 Å². The number of halogens is 1. The number of nitrogens with zero attached hydrogens (tertiary/aromatic N) is 2. The van der Waals surface area contributed by atoms with Gasteiger partial charge in [-0.05, 0) is 46.8 Å². The molecule has 0 aliphatic rings. The van der Waals surface area contributed by atoms with Crippen LogP contribution in [-0.2, 0) is 7.05 Å². The fourth-order valence-electron chi connectivity index (χ4n) is 1.88. The Balaban J connectivity index is 2.31. The molecule has 1 aromatic heterocycles. The van der Waals surface area contributed by atoms with E-state index < -0.39 is 0 Å². The van der Waals surface area contributed by atoms with Gasteiger partial charge < -0.3 is 5.32 Å². The van der Waals surface area contributed by atoms with Crippen molar-refractivity contribution < 1.29 is 0 Å². The van der Waals surface area contributed by atoms with Gasteiger partial charge in [0.2, 0.25) is 0 Å². The third kappa shape index (κ3) is 3.07. The van der Waals surface area contributed by atoms with E-state index in [1.165, 1.54) is 14.7 Å². The lowest BCUT2D eigenvalue weighted by molar-refractivity contribution is 0.629. The van der Waals surface area contributed by atoms with Crippen molar-refractivity contribution >= 4 is 22.6 Å². The Morgan fingerprint density at radius 1 is 1.29 bits per heavy atom. The summed E-state index contributed by atoms with van der Waals surface area (Å²) in [7, 11) is 1.94. The molecule has 0 fully saturated rings. The fraction of sp³-hybridized carbons (Fsp3) is 0.308. The Morgan fingerprint density at radius 2 is 2.00 bits per heavy atom. The van der Waals surface area contributed by atoms with Gasteiger partial charge in [-0.1, -0.05) is 19.1 Å². The van der Waals surface area contributed by atoms with E-state index in [1.54, 1.807) is 0 Å². The molecule has 0 bridgehead atoms. The molecule has 1 atom stereocenters. The second kappa shape index (κ2) is 5.64. The third-order valence-corrected chi connectivity index (χ3v) is 3.39. The summed E-state index contributed by atoms with van der Waals surface area (Å²) >= 11 is 2.32. The van der Waals surface area contributed by atoms with E-state index in [4.69, 9.17) is 0 Å². The molecule has 3 nitrogen and oxygen atoms in total. The highest BCUT2D eigenvalue weighted by atomic mass is 127. The number of hydrogen-bond donors (Lipinski definition) is 1. The fourth-order valence-corrected chi connectivity index (χ4v) is 2.24. The van der Waals surface area contributed by atoms with E-state index in [-0.39, 0.29) is 6.04 Å². The standard InChI is InChI=1S/C13H16IN3/c1-3-15-13(11-8-16-17(2)9-11)10-4-6-12(14)7-5-10/h4-9,13,15H,3H2,1-2H3. The summed E-state index contributed by atoms with van der Waals surface area (Å²) in [5.41, 5.74) is 2.48. The molecular formula is C13H16IN3. The van der Waals surface area contributed by atoms with Gasteiger partial charge in [0.25, 0.3) is 0 Å². The molecule has 17 heavy (non-hydrogen) atoms. The zero-order valence-electron chi connectivity index (χ0n) is 10.0. The molecule has 0 amide bonds. The first-order valence-corrected chi connectivity index (χ1v) is 6.76. The summed E-state index contributed by atoms with van der Waals surface area (Å²) in [5.74, 6) is 0. The Morgan fingerprint density at radius 3 is 2.53 bits per heavy atom. The van der Waals surface area contributed by atoms with E-state index >= 15 is 0 Å². The van der Waals surface area contributed by atoms with Gasteiger partial charge in [-0.2, -0.15) is 5.10 Å². The third-order valence-electron chi connectivity index (χ3n) is 2.67.